The molecule has 1 amide bonds. The van der Waals surface area contributed by atoms with E-state index in [2.05, 4.69) is 10.0 Å². The fourth-order valence-electron chi connectivity index (χ4n) is 3.08. The number of carbonyl (C=O) groups is 1. The highest BCUT2D eigenvalue weighted by molar-refractivity contribution is 7.89. The van der Waals surface area contributed by atoms with Crippen molar-refractivity contribution in [3.63, 3.8) is 0 Å². The fraction of sp³-hybridized carbons (Fsp3) is 0.316. The predicted molar refractivity (Wildman–Crippen MR) is 99.8 cm³/mol. The molecule has 0 aromatic heterocycles. The van der Waals surface area contributed by atoms with Crippen LogP contribution in [0.3, 0.4) is 0 Å². The van der Waals surface area contributed by atoms with Crippen molar-refractivity contribution < 1.29 is 18.3 Å². The molecular weight excluding hydrogens is 352 g/mol. The molecule has 2 aromatic carbocycles. The number of sulfonamides is 1. The van der Waals surface area contributed by atoms with Crippen molar-refractivity contribution in [1.29, 1.82) is 0 Å². The summed E-state index contributed by atoms with van der Waals surface area (Å²) in [5, 5.41) is 12.5. The molecule has 26 heavy (non-hydrogen) atoms. The van der Waals surface area contributed by atoms with Gasteiger partial charge in [0.15, 0.2) is 0 Å². The molecule has 0 spiro atoms. The van der Waals surface area contributed by atoms with E-state index in [1.165, 1.54) is 24.3 Å². The van der Waals surface area contributed by atoms with Gasteiger partial charge in [-0.3, -0.25) is 4.79 Å². The number of phenolic OH excluding ortho intramolecular Hbond substituents is 1. The van der Waals surface area contributed by atoms with Gasteiger partial charge in [-0.1, -0.05) is 25.0 Å². The third kappa shape index (κ3) is 4.23. The fourth-order valence-corrected chi connectivity index (χ4v) is 4.43. The lowest BCUT2D eigenvalue weighted by Gasteiger charge is -2.13. The van der Waals surface area contributed by atoms with E-state index in [0.29, 0.717) is 0 Å². The second-order valence-corrected chi connectivity index (χ2v) is 8.32. The van der Waals surface area contributed by atoms with Crippen LogP contribution in [-0.4, -0.2) is 25.5 Å². The largest absolute Gasteiger partial charge is 0.506 e. The second-order valence-electron chi connectivity index (χ2n) is 6.61. The van der Waals surface area contributed by atoms with E-state index in [9.17, 15) is 18.3 Å². The summed E-state index contributed by atoms with van der Waals surface area (Å²) in [7, 11) is -3.67. The van der Waals surface area contributed by atoms with Crippen molar-refractivity contribution in [2.45, 2.75) is 43.5 Å². The maximum Gasteiger partial charge on any atom is 0.255 e. The maximum absolute atomic E-state index is 12.5. The first-order chi connectivity index (χ1) is 12.3. The minimum Gasteiger partial charge on any atom is -0.506 e. The summed E-state index contributed by atoms with van der Waals surface area (Å²) in [6.07, 6.45) is 3.73. The van der Waals surface area contributed by atoms with Gasteiger partial charge in [-0.25, -0.2) is 13.1 Å². The third-order valence-electron chi connectivity index (χ3n) is 4.48. The lowest BCUT2D eigenvalue weighted by Crippen LogP contribution is -2.32. The van der Waals surface area contributed by atoms with E-state index in [0.717, 1.165) is 31.2 Å². The highest BCUT2D eigenvalue weighted by Gasteiger charge is 2.23. The van der Waals surface area contributed by atoms with Gasteiger partial charge in [0.1, 0.15) is 5.75 Å². The molecule has 0 aliphatic heterocycles. The normalized spacial score (nSPS) is 15.1. The Kier molecular flexibility index (Phi) is 5.29. The number of hydrogen-bond acceptors (Lipinski definition) is 4. The molecule has 1 aliphatic rings. The van der Waals surface area contributed by atoms with Gasteiger partial charge in [0.2, 0.25) is 10.0 Å². The van der Waals surface area contributed by atoms with Crippen LogP contribution in [0.15, 0.2) is 47.4 Å². The van der Waals surface area contributed by atoms with Gasteiger partial charge < -0.3 is 10.4 Å². The van der Waals surface area contributed by atoms with Crippen molar-refractivity contribution in [3.05, 3.63) is 53.6 Å². The minimum absolute atomic E-state index is 0.0370. The predicted octanol–water partition coefficient (Wildman–Crippen LogP) is 3.17. The molecule has 0 bridgehead atoms. The molecule has 1 saturated carbocycles. The van der Waals surface area contributed by atoms with Crippen LogP contribution in [0.2, 0.25) is 0 Å². The third-order valence-corrected chi connectivity index (χ3v) is 6.00. The molecule has 0 unspecified atom stereocenters. The van der Waals surface area contributed by atoms with Crippen LogP contribution in [0.5, 0.6) is 5.75 Å². The Balaban J connectivity index is 1.78. The average Bonchev–Trinajstić information content (AvgIpc) is 3.09. The van der Waals surface area contributed by atoms with E-state index in [4.69, 9.17) is 0 Å². The minimum atomic E-state index is -3.67. The topological polar surface area (TPSA) is 95.5 Å². The van der Waals surface area contributed by atoms with Crippen LogP contribution in [0.25, 0.3) is 0 Å². The molecule has 1 fully saturated rings. The van der Waals surface area contributed by atoms with Gasteiger partial charge in [0.05, 0.1) is 10.6 Å². The van der Waals surface area contributed by atoms with Gasteiger partial charge in [-0.2, -0.15) is 0 Å². The summed E-state index contributed by atoms with van der Waals surface area (Å²) in [5.74, 6) is -0.521. The molecule has 3 rings (SSSR count). The first kappa shape index (κ1) is 18.4. The Morgan fingerprint density at radius 3 is 2.54 bits per heavy atom. The quantitative estimate of drug-likeness (QED) is 0.701. The summed E-state index contributed by atoms with van der Waals surface area (Å²) in [6.45, 7) is 1.83. The number of rotatable bonds is 5. The van der Waals surface area contributed by atoms with Gasteiger partial charge in [-0.15, -0.1) is 0 Å². The lowest BCUT2D eigenvalue weighted by molar-refractivity contribution is 0.102. The van der Waals surface area contributed by atoms with Gasteiger partial charge >= 0.3 is 0 Å². The van der Waals surface area contributed by atoms with Crippen molar-refractivity contribution in [2.75, 3.05) is 5.32 Å². The molecule has 138 valence electrons. The summed E-state index contributed by atoms with van der Waals surface area (Å²) < 4.78 is 27.8. The molecule has 7 heteroatoms. The smallest absolute Gasteiger partial charge is 0.255 e. The number of aryl methyl sites for hydroxylation is 1. The first-order valence-corrected chi connectivity index (χ1v) is 10.1. The van der Waals surface area contributed by atoms with Gasteiger partial charge in [0, 0.05) is 11.6 Å². The van der Waals surface area contributed by atoms with Crippen LogP contribution >= 0.6 is 0 Å². The molecule has 2 aromatic rings. The maximum atomic E-state index is 12.5. The van der Waals surface area contributed by atoms with E-state index < -0.39 is 15.9 Å². The molecule has 1 aliphatic carbocycles. The molecule has 0 heterocycles. The number of benzene rings is 2. The van der Waals surface area contributed by atoms with E-state index >= 15 is 0 Å². The van der Waals surface area contributed by atoms with Crippen LogP contribution in [0, 0.1) is 6.92 Å². The highest BCUT2D eigenvalue weighted by atomic mass is 32.2. The molecule has 0 atom stereocenters. The first-order valence-electron chi connectivity index (χ1n) is 8.58. The van der Waals surface area contributed by atoms with Crippen molar-refractivity contribution in [1.82, 2.24) is 4.72 Å². The Morgan fingerprint density at radius 2 is 1.85 bits per heavy atom. The monoisotopic (exact) mass is 374 g/mol. The SMILES string of the molecule is Cc1ccc(NC(=O)c2cccc(S(=O)(=O)NC3CCCC3)c2)c(O)c1. The number of nitrogens with one attached hydrogen (secondary N) is 2. The number of anilines is 1. The number of phenols is 1. The summed E-state index contributed by atoms with van der Waals surface area (Å²) in [6, 6.07) is 10.8. The van der Waals surface area contributed by atoms with Crippen LogP contribution in [0.1, 0.15) is 41.6 Å². The Labute approximate surface area is 153 Å². The van der Waals surface area contributed by atoms with E-state index in [1.54, 1.807) is 18.2 Å². The van der Waals surface area contributed by atoms with E-state index in [-0.39, 0.29) is 27.9 Å². The van der Waals surface area contributed by atoms with E-state index in [1.807, 2.05) is 6.92 Å². The Morgan fingerprint density at radius 1 is 1.12 bits per heavy atom. The van der Waals surface area contributed by atoms with Crippen molar-refractivity contribution in [2.24, 2.45) is 0 Å². The lowest BCUT2D eigenvalue weighted by atomic mass is 10.2. The van der Waals surface area contributed by atoms with Gasteiger partial charge in [0.25, 0.3) is 5.91 Å². The van der Waals surface area contributed by atoms with Crippen molar-refractivity contribution >= 4 is 21.6 Å². The zero-order chi connectivity index (χ0) is 18.7. The molecular formula is C19H22N2O4S. The zero-order valence-electron chi connectivity index (χ0n) is 14.5. The summed E-state index contributed by atoms with van der Waals surface area (Å²) >= 11 is 0. The van der Waals surface area contributed by atoms with Crippen LogP contribution < -0.4 is 10.0 Å². The van der Waals surface area contributed by atoms with Crippen molar-refractivity contribution in [3.8, 4) is 5.75 Å². The molecule has 0 radical (unpaired) electrons. The number of amides is 1. The van der Waals surface area contributed by atoms with Crippen LogP contribution in [-0.2, 0) is 10.0 Å². The number of hydrogen-bond donors (Lipinski definition) is 3. The molecule has 6 nitrogen and oxygen atoms in total. The Bertz CT molecular complexity index is 919. The second kappa shape index (κ2) is 7.47. The molecule has 0 saturated heterocycles. The zero-order valence-corrected chi connectivity index (χ0v) is 15.3. The number of aromatic hydroxyl groups is 1. The average molecular weight is 374 g/mol. The Hall–Kier alpha value is -2.38. The van der Waals surface area contributed by atoms with Crippen LogP contribution in [0.4, 0.5) is 5.69 Å². The summed E-state index contributed by atoms with van der Waals surface area (Å²) in [4.78, 5) is 12.5. The highest BCUT2D eigenvalue weighted by Crippen LogP contribution is 2.25. The standard InChI is InChI=1S/C19H22N2O4S/c1-13-9-10-17(18(22)11-13)20-19(23)14-5-4-8-16(12-14)26(24,25)21-15-6-2-3-7-15/h4-5,8-12,15,21-22H,2-3,6-7H2,1H3,(H,20,23). The summed E-state index contributed by atoms with van der Waals surface area (Å²) in [5.41, 5.74) is 1.35. The molecule has 3 N–H and O–H groups in total. The number of carbonyl (C=O) groups excluding carboxylic acids is 1. The van der Waals surface area contributed by atoms with Gasteiger partial charge in [-0.05, 0) is 55.7 Å².